The van der Waals surface area contributed by atoms with Crippen molar-refractivity contribution in [3.63, 3.8) is 0 Å². The summed E-state index contributed by atoms with van der Waals surface area (Å²) in [4.78, 5) is 42.7. The minimum absolute atomic E-state index is 0.0364. The Morgan fingerprint density at radius 3 is 0.924 bits per heavy atom. The van der Waals surface area contributed by atoms with Crippen LogP contribution in [0.2, 0.25) is 0 Å². The number of benzene rings is 18. The molecule has 6 aromatic heterocycles. The van der Waals surface area contributed by atoms with E-state index in [-0.39, 0.29) is 23.5 Å². The molecule has 132 heavy (non-hydrogen) atoms. The summed E-state index contributed by atoms with van der Waals surface area (Å²) in [6.07, 6.45) is 16.5. The lowest BCUT2D eigenvalue weighted by molar-refractivity contribution is 1.18. The molecular formula is C123H81N9. The lowest BCUT2D eigenvalue weighted by atomic mass is 9.93. The molecule has 6 heterocycles. The average Bonchev–Trinajstić information content (AvgIpc) is 0.739. The van der Waals surface area contributed by atoms with Crippen molar-refractivity contribution in [1.29, 1.82) is 0 Å². The topological polar surface area (TPSA) is 116 Å². The smallest absolute Gasteiger partial charge is 0.159 e. The van der Waals surface area contributed by atoms with Gasteiger partial charge in [-0.1, -0.05) is 388 Å². The summed E-state index contributed by atoms with van der Waals surface area (Å²) in [6, 6.07) is 139. The Morgan fingerprint density at radius 2 is 0.477 bits per heavy atom. The van der Waals surface area contributed by atoms with Crippen LogP contribution in [0.5, 0.6) is 0 Å². The summed E-state index contributed by atoms with van der Waals surface area (Å²) in [7, 11) is 0. The van der Waals surface area contributed by atoms with E-state index in [1.54, 1.807) is 24.8 Å². The summed E-state index contributed by atoms with van der Waals surface area (Å²) in [5, 5.41) is 14.7. The van der Waals surface area contributed by atoms with Crippen LogP contribution < -0.4 is 0 Å². The van der Waals surface area contributed by atoms with Gasteiger partial charge in [0.1, 0.15) is 0 Å². The van der Waals surface area contributed by atoms with Gasteiger partial charge in [0.05, 0.1) is 23.9 Å². The van der Waals surface area contributed by atoms with Crippen molar-refractivity contribution in [1.82, 2.24) is 44.9 Å². The molecule has 0 radical (unpaired) electrons. The summed E-state index contributed by atoms with van der Waals surface area (Å²) in [5.74, 6) is 1.47. The molecular weight excluding hydrogens is 1600 g/mol. The van der Waals surface area contributed by atoms with Crippen LogP contribution in [0.4, 0.5) is 0 Å². The fraction of sp³-hybridized carbons (Fsp3) is 0. The largest absolute Gasteiger partial charge is 0.264 e. The average molecular weight is 1690 g/mol. The van der Waals surface area contributed by atoms with Crippen molar-refractivity contribution in [2.24, 2.45) is 0 Å². The first-order chi connectivity index (χ1) is 67.5. The molecule has 0 N–H and O–H groups in total. The van der Waals surface area contributed by atoms with E-state index in [0.29, 0.717) is 17.3 Å². The first-order valence-electron chi connectivity index (χ1n) is 46.4. The molecule has 0 aliphatic heterocycles. The third-order valence-corrected chi connectivity index (χ3v) is 24.4. The van der Waals surface area contributed by atoms with E-state index in [4.69, 9.17) is 31.8 Å². The second-order valence-corrected chi connectivity index (χ2v) is 32.4. The second kappa shape index (κ2) is 36.3. The summed E-state index contributed by atoms with van der Waals surface area (Å²) < 4.78 is 41.4. The molecule has 0 bridgehead atoms. The maximum Gasteiger partial charge on any atom is 0.159 e. The normalized spacial score (nSPS) is 11.7. The van der Waals surface area contributed by atoms with Gasteiger partial charge >= 0.3 is 0 Å². The Kier molecular flexibility index (Phi) is 20.5. The van der Waals surface area contributed by atoms with Gasteiger partial charge in [0.2, 0.25) is 0 Å². The van der Waals surface area contributed by atoms with Crippen LogP contribution in [0.15, 0.2) is 492 Å². The summed E-state index contributed by atoms with van der Waals surface area (Å²) in [6.45, 7) is 0. The van der Waals surface area contributed by atoms with Gasteiger partial charge in [-0.3, -0.25) is 15.0 Å². The van der Waals surface area contributed by atoms with Gasteiger partial charge in [0.15, 0.2) is 17.5 Å². The molecule has 0 amide bonds. The molecule has 9 heteroatoms. The van der Waals surface area contributed by atoms with Gasteiger partial charge in [-0.25, -0.2) is 29.9 Å². The third-order valence-electron chi connectivity index (χ3n) is 24.4. The Labute approximate surface area is 772 Å². The zero-order chi connectivity index (χ0) is 92.2. The SMILES string of the molecule is [2H]c1c([2H])c([2H])c(-c2ncc(-c3cccc(-c4cccnc4)c3)c(-c3ccc(-c4ccc5ccccc5c4)cc3)n2)c([2H])c1[2H].c1ccc(-c2ncc(-c3cccc(-c4cccnc4)c3)c(-c3ccc(-c4cccc5ccccc45)cc3)n2)cc1.c1cncc(-c2cccc(-c3cnc(-c4ccc5c6ccccc6c6ccccc6c5c4)nc3-c3ccc(-c4cccc5ccccc45)cc3)c2)c1. The highest BCUT2D eigenvalue weighted by Gasteiger charge is 2.21. The molecule has 0 saturated heterocycles. The van der Waals surface area contributed by atoms with Crippen LogP contribution in [0.3, 0.4) is 0 Å². The Morgan fingerprint density at radius 1 is 0.159 bits per heavy atom. The number of pyridine rings is 3. The molecule has 0 unspecified atom stereocenters. The predicted molar refractivity (Wildman–Crippen MR) is 546 cm³/mol. The van der Waals surface area contributed by atoms with Crippen molar-refractivity contribution in [2.75, 3.05) is 0 Å². The van der Waals surface area contributed by atoms with Crippen molar-refractivity contribution in [3.05, 3.63) is 492 Å². The van der Waals surface area contributed by atoms with E-state index in [1.165, 1.54) is 81.5 Å². The van der Waals surface area contributed by atoms with E-state index in [2.05, 4.69) is 311 Å². The molecule has 0 aliphatic carbocycles. The second-order valence-electron chi connectivity index (χ2n) is 32.4. The van der Waals surface area contributed by atoms with Gasteiger partial charge in [0.25, 0.3) is 0 Å². The highest BCUT2D eigenvalue weighted by molar-refractivity contribution is 6.26. The first kappa shape index (κ1) is 74.5. The zero-order valence-electron chi connectivity index (χ0n) is 76.4. The van der Waals surface area contributed by atoms with Gasteiger partial charge in [-0.2, -0.15) is 0 Å². The van der Waals surface area contributed by atoms with Gasteiger partial charge in [0, 0.05) is 123 Å². The Hall–Kier alpha value is -17.8. The molecule has 18 aromatic carbocycles. The van der Waals surface area contributed by atoms with E-state index in [9.17, 15) is 0 Å². The van der Waals surface area contributed by atoms with Crippen LogP contribution in [-0.4, -0.2) is 44.9 Å². The summed E-state index contributed by atoms with van der Waals surface area (Å²) >= 11 is 0. The van der Waals surface area contributed by atoms with Gasteiger partial charge in [-0.15, -0.1) is 0 Å². The lowest BCUT2D eigenvalue weighted by Crippen LogP contribution is -1.97. The molecule has 0 spiro atoms. The quantitative estimate of drug-likeness (QED) is 0.0925. The van der Waals surface area contributed by atoms with Crippen molar-refractivity contribution < 1.29 is 6.85 Å². The lowest BCUT2D eigenvalue weighted by Gasteiger charge is -2.14. The molecule has 24 rings (SSSR count). The standard InChI is InChI=1S/C49H31N3.2C37H25N3/c1-2-15-39-32(10-1)11-8-20-40(39)33-21-23-34(24-22-33)48-47(36-13-7-12-35(28-36)38-14-9-27-50-30-38)31-51-49(52-48)37-25-26-45-43-18-4-3-16-41(43)42-17-5-6-19-44(42)46(45)29-37;1-2-10-29(11-3-1)37-39-25-35(31-14-6-13-30(23-31)32-15-8-22-38-24-32)36(40-37)28-20-18-27(19-21-28)34-17-7-12-26-9-4-5-16-33(26)34;1-2-9-29(10-3-1)37-39-25-35(33-13-6-12-31(23-33)34-14-7-21-38-24-34)36(40-37)28-18-15-27(16-19-28)32-20-17-26-8-4-5-11-30(26)22-32/h1-31H;2*1-25H/i;;1D,2D,3D,9D,10D. The number of fused-ring (bicyclic) bond motifs is 9. The number of rotatable bonds is 15. The maximum atomic E-state index is 8.51. The Balaban J connectivity index is 0.000000120. The number of aromatic nitrogens is 9. The maximum absolute atomic E-state index is 8.51. The van der Waals surface area contributed by atoms with Gasteiger partial charge in [-0.05, 0) is 180 Å². The highest BCUT2D eigenvalue weighted by atomic mass is 14.9. The van der Waals surface area contributed by atoms with Crippen molar-refractivity contribution in [3.8, 4) is 168 Å². The van der Waals surface area contributed by atoms with Crippen LogP contribution in [0.25, 0.3) is 233 Å². The van der Waals surface area contributed by atoms with Crippen LogP contribution in [0, 0.1) is 0 Å². The Bertz CT molecular complexity index is 8620. The molecule has 618 valence electrons. The highest BCUT2D eigenvalue weighted by Crippen LogP contribution is 2.44. The fourth-order valence-electron chi connectivity index (χ4n) is 17.8. The van der Waals surface area contributed by atoms with E-state index in [1.807, 2.05) is 146 Å². The minimum Gasteiger partial charge on any atom is -0.264 e. The fourth-order valence-corrected chi connectivity index (χ4v) is 17.8. The summed E-state index contributed by atoms with van der Waals surface area (Å²) in [5.41, 5.74) is 26.1. The molecule has 9 nitrogen and oxygen atoms in total. The van der Waals surface area contributed by atoms with Crippen LogP contribution in [0.1, 0.15) is 6.85 Å². The van der Waals surface area contributed by atoms with Crippen LogP contribution in [-0.2, 0) is 0 Å². The minimum atomic E-state index is -0.456. The molecule has 0 saturated carbocycles. The van der Waals surface area contributed by atoms with Crippen molar-refractivity contribution in [2.45, 2.75) is 0 Å². The van der Waals surface area contributed by atoms with Gasteiger partial charge < -0.3 is 0 Å². The van der Waals surface area contributed by atoms with E-state index < -0.39 is 18.1 Å². The number of hydrogen-bond donors (Lipinski definition) is 0. The number of hydrogen-bond acceptors (Lipinski definition) is 9. The molecule has 0 fully saturated rings. The monoisotopic (exact) mass is 1690 g/mol. The predicted octanol–water partition coefficient (Wildman–Crippen LogP) is 31.5. The first-order valence-corrected chi connectivity index (χ1v) is 43.9. The van der Waals surface area contributed by atoms with E-state index >= 15 is 0 Å². The number of nitrogens with zero attached hydrogens (tertiary/aromatic N) is 9. The van der Waals surface area contributed by atoms with Crippen molar-refractivity contribution >= 4 is 64.6 Å². The molecule has 0 atom stereocenters. The van der Waals surface area contributed by atoms with E-state index in [0.717, 1.165) is 122 Å². The molecule has 0 aliphatic rings. The molecule has 24 aromatic rings. The zero-order valence-corrected chi connectivity index (χ0v) is 71.4. The van der Waals surface area contributed by atoms with Crippen LogP contribution >= 0.6 is 0 Å². The third kappa shape index (κ3) is 16.5.